The van der Waals surface area contributed by atoms with Crippen LogP contribution >= 0.6 is 0 Å². The minimum absolute atomic E-state index is 0.0778. The molecular formula is C15H14N2O3. The zero-order valence-electron chi connectivity index (χ0n) is 11.0. The fourth-order valence-electron chi connectivity index (χ4n) is 1.92. The molecule has 2 rings (SSSR count). The Hall–Kier alpha value is -2.61. The number of phenols is 1. The van der Waals surface area contributed by atoms with Crippen LogP contribution in [-0.4, -0.2) is 22.7 Å². The molecular weight excluding hydrogens is 256 g/mol. The molecule has 1 N–H and O–H groups in total. The summed E-state index contributed by atoms with van der Waals surface area (Å²) in [5.74, 6) is -1.35. The van der Waals surface area contributed by atoms with E-state index in [1.165, 1.54) is 0 Å². The van der Waals surface area contributed by atoms with Gasteiger partial charge in [0.15, 0.2) is 0 Å². The van der Waals surface area contributed by atoms with E-state index in [2.05, 4.69) is 4.98 Å². The smallest absolute Gasteiger partial charge is 0.323 e. The Morgan fingerprint density at radius 2 is 2.25 bits per heavy atom. The number of phenolic OH excluding ortho intramolecular Hbond substituents is 1. The zero-order valence-corrected chi connectivity index (χ0v) is 11.0. The first kappa shape index (κ1) is 13.8. The Balaban J connectivity index is 2.27. The molecule has 1 unspecified atom stereocenters. The lowest BCUT2D eigenvalue weighted by Gasteiger charge is -2.08. The number of rotatable bonds is 4. The average Bonchev–Trinajstić information content (AvgIpc) is 2.45. The molecule has 1 aromatic carbocycles. The number of aromatic hydroxyl groups is 1. The highest BCUT2D eigenvalue weighted by molar-refractivity contribution is 5.84. The number of carbonyl (C=O) groups excluding carboxylic acids is 1. The van der Waals surface area contributed by atoms with Crippen molar-refractivity contribution in [3.63, 3.8) is 0 Å². The van der Waals surface area contributed by atoms with Crippen LogP contribution in [0.25, 0.3) is 10.9 Å². The maximum absolute atomic E-state index is 11.6. The van der Waals surface area contributed by atoms with E-state index < -0.39 is 11.9 Å². The summed E-state index contributed by atoms with van der Waals surface area (Å²) >= 11 is 0. The summed E-state index contributed by atoms with van der Waals surface area (Å²) in [4.78, 5) is 15.9. The van der Waals surface area contributed by atoms with Gasteiger partial charge in [-0.25, -0.2) is 4.98 Å². The number of hydrogen-bond donors (Lipinski definition) is 1. The highest BCUT2D eigenvalue weighted by Crippen LogP contribution is 2.23. The lowest BCUT2D eigenvalue weighted by Crippen LogP contribution is -2.19. The van der Waals surface area contributed by atoms with Gasteiger partial charge in [-0.1, -0.05) is 18.2 Å². The lowest BCUT2D eigenvalue weighted by molar-refractivity contribution is -0.145. The van der Waals surface area contributed by atoms with Crippen molar-refractivity contribution in [3.05, 3.63) is 36.0 Å². The minimum atomic E-state index is -0.884. The summed E-state index contributed by atoms with van der Waals surface area (Å²) in [6.45, 7) is 1.93. The van der Waals surface area contributed by atoms with Crippen molar-refractivity contribution in [3.8, 4) is 11.8 Å². The number of para-hydroxylation sites is 1. The number of pyridine rings is 1. The van der Waals surface area contributed by atoms with E-state index in [1.54, 1.807) is 31.2 Å². The quantitative estimate of drug-likeness (QED) is 0.861. The molecule has 0 amide bonds. The molecule has 0 aliphatic rings. The van der Waals surface area contributed by atoms with E-state index in [-0.39, 0.29) is 18.8 Å². The van der Waals surface area contributed by atoms with Crippen molar-refractivity contribution >= 4 is 16.9 Å². The zero-order chi connectivity index (χ0) is 14.5. The monoisotopic (exact) mass is 270 g/mol. The second kappa shape index (κ2) is 6.02. The van der Waals surface area contributed by atoms with Gasteiger partial charge in [0.05, 0.1) is 12.7 Å². The third-order valence-electron chi connectivity index (χ3n) is 2.90. The molecule has 1 aromatic heterocycles. The van der Waals surface area contributed by atoms with Crippen LogP contribution in [0.15, 0.2) is 30.3 Å². The predicted molar refractivity (Wildman–Crippen MR) is 72.8 cm³/mol. The molecule has 0 bridgehead atoms. The van der Waals surface area contributed by atoms with E-state index >= 15 is 0 Å². The van der Waals surface area contributed by atoms with Crippen molar-refractivity contribution < 1.29 is 14.6 Å². The maximum atomic E-state index is 11.6. The minimum Gasteiger partial charge on any atom is -0.506 e. The number of hydrogen-bond acceptors (Lipinski definition) is 5. The number of nitrogens with zero attached hydrogens (tertiary/aromatic N) is 2. The molecule has 0 aliphatic carbocycles. The number of ether oxygens (including phenoxy) is 1. The largest absolute Gasteiger partial charge is 0.506 e. The third-order valence-corrected chi connectivity index (χ3v) is 2.90. The van der Waals surface area contributed by atoms with Crippen LogP contribution in [0.5, 0.6) is 5.75 Å². The third kappa shape index (κ3) is 2.86. The van der Waals surface area contributed by atoms with Gasteiger partial charge < -0.3 is 9.84 Å². The molecule has 102 valence electrons. The van der Waals surface area contributed by atoms with Gasteiger partial charge in [0.2, 0.25) is 0 Å². The summed E-state index contributed by atoms with van der Waals surface area (Å²) in [5, 5.41) is 19.6. The summed E-state index contributed by atoms with van der Waals surface area (Å²) in [5.41, 5.74) is 1.03. The van der Waals surface area contributed by atoms with Gasteiger partial charge in [0, 0.05) is 17.5 Å². The molecule has 0 saturated carbocycles. The van der Waals surface area contributed by atoms with Crippen LogP contribution in [0.2, 0.25) is 0 Å². The highest BCUT2D eigenvalue weighted by Gasteiger charge is 2.20. The van der Waals surface area contributed by atoms with Crippen LogP contribution in [0.1, 0.15) is 12.6 Å². The van der Waals surface area contributed by atoms with Crippen LogP contribution < -0.4 is 0 Å². The molecule has 0 saturated heterocycles. The van der Waals surface area contributed by atoms with Gasteiger partial charge in [-0.05, 0) is 19.1 Å². The van der Waals surface area contributed by atoms with Crippen LogP contribution in [-0.2, 0) is 16.0 Å². The average molecular weight is 270 g/mol. The molecule has 5 heteroatoms. The number of nitriles is 1. The fourth-order valence-corrected chi connectivity index (χ4v) is 1.92. The Kier molecular flexibility index (Phi) is 4.16. The van der Waals surface area contributed by atoms with Gasteiger partial charge in [0.25, 0.3) is 0 Å². The fraction of sp³-hybridized carbons (Fsp3) is 0.267. The number of benzene rings is 1. The second-order valence-electron chi connectivity index (χ2n) is 4.29. The lowest BCUT2D eigenvalue weighted by atomic mass is 10.0. The molecule has 0 fully saturated rings. The Morgan fingerprint density at radius 3 is 2.95 bits per heavy atom. The number of esters is 1. The van der Waals surface area contributed by atoms with Gasteiger partial charge in [0.1, 0.15) is 17.2 Å². The first-order chi connectivity index (χ1) is 9.65. The van der Waals surface area contributed by atoms with Crippen molar-refractivity contribution in [2.24, 2.45) is 5.92 Å². The Bertz CT molecular complexity index is 676. The van der Waals surface area contributed by atoms with Gasteiger partial charge in [-0.2, -0.15) is 5.26 Å². The van der Waals surface area contributed by atoms with E-state index in [9.17, 15) is 9.90 Å². The van der Waals surface area contributed by atoms with Crippen LogP contribution in [0.4, 0.5) is 0 Å². The summed E-state index contributed by atoms with van der Waals surface area (Å²) in [6.07, 6.45) is 0.166. The first-order valence-corrected chi connectivity index (χ1v) is 6.29. The Morgan fingerprint density at radius 1 is 1.45 bits per heavy atom. The van der Waals surface area contributed by atoms with Gasteiger partial charge in [-0.15, -0.1) is 0 Å². The van der Waals surface area contributed by atoms with E-state index in [4.69, 9.17) is 10.00 Å². The van der Waals surface area contributed by atoms with Crippen LogP contribution in [0, 0.1) is 17.2 Å². The van der Waals surface area contributed by atoms with Crippen molar-refractivity contribution in [1.82, 2.24) is 4.98 Å². The molecule has 1 heterocycles. The standard InChI is InChI=1S/C15H14N2O3/c1-2-20-15(19)11(9-16)8-12-7-6-10-4-3-5-13(18)14(10)17-12/h3-7,11,18H,2,8H2,1H3. The molecule has 0 radical (unpaired) electrons. The highest BCUT2D eigenvalue weighted by atomic mass is 16.5. The molecule has 20 heavy (non-hydrogen) atoms. The maximum Gasteiger partial charge on any atom is 0.323 e. The normalized spacial score (nSPS) is 11.8. The van der Waals surface area contributed by atoms with E-state index in [1.807, 2.05) is 12.1 Å². The van der Waals surface area contributed by atoms with Gasteiger partial charge >= 0.3 is 5.97 Å². The SMILES string of the molecule is CCOC(=O)C(C#N)Cc1ccc2cccc(O)c2n1. The second-order valence-corrected chi connectivity index (χ2v) is 4.29. The molecule has 5 nitrogen and oxygen atoms in total. The summed E-state index contributed by atoms with van der Waals surface area (Å²) < 4.78 is 4.84. The van der Waals surface area contributed by atoms with E-state index in [0.29, 0.717) is 11.2 Å². The molecule has 1 atom stereocenters. The summed E-state index contributed by atoms with van der Waals surface area (Å²) in [7, 11) is 0. The van der Waals surface area contributed by atoms with Crippen molar-refractivity contribution in [1.29, 1.82) is 5.26 Å². The summed E-state index contributed by atoms with van der Waals surface area (Å²) in [6, 6.07) is 10.6. The number of fused-ring (bicyclic) bond motifs is 1. The Labute approximate surface area is 116 Å². The molecule has 0 aliphatic heterocycles. The van der Waals surface area contributed by atoms with Crippen molar-refractivity contribution in [2.75, 3.05) is 6.61 Å². The first-order valence-electron chi connectivity index (χ1n) is 6.29. The topological polar surface area (TPSA) is 83.2 Å². The predicted octanol–water partition coefficient (Wildman–Crippen LogP) is 2.19. The number of carbonyl (C=O) groups is 1. The molecule has 2 aromatic rings. The molecule has 0 spiro atoms. The van der Waals surface area contributed by atoms with Crippen LogP contribution in [0.3, 0.4) is 0 Å². The van der Waals surface area contributed by atoms with Crippen molar-refractivity contribution in [2.45, 2.75) is 13.3 Å². The van der Waals surface area contributed by atoms with Gasteiger partial charge in [-0.3, -0.25) is 4.79 Å². The number of aromatic nitrogens is 1. The van der Waals surface area contributed by atoms with E-state index in [0.717, 1.165) is 5.39 Å².